The predicted molar refractivity (Wildman–Crippen MR) is 116 cm³/mol. The van der Waals surface area contributed by atoms with Gasteiger partial charge in [0.2, 0.25) is 0 Å². The van der Waals surface area contributed by atoms with Crippen LogP contribution in [0.5, 0.6) is 0 Å². The van der Waals surface area contributed by atoms with E-state index in [1.165, 1.54) is 57.8 Å². The first-order valence-electron chi connectivity index (χ1n) is 11.3. The second-order valence-corrected chi connectivity index (χ2v) is 9.14. The lowest BCUT2D eigenvalue weighted by Gasteiger charge is -2.20. The van der Waals surface area contributed by atoms with Crippen molar-refractivity contribution >= 4 is 7.82 Å². The van der Waals surface area contributed by atoms with E-state index in [1.807, 2.05) is 13.8 Å². The van der Waals surface area contributed by atoms with Gasteiger partial charge in [0.1, 0.15) is 0 Å². The van der Waals surface area contributed by atoms with Crippen molar-refractivity contribution in [1.29, 1.82) is 0 Å². The second-order valence-electron chi connectivity index (χ2n) is 7.95. The van der Waals surface area contributed by atoms with Gasteiger partial charge >= 0.3 is 7.82 Å². The molecule has 0 aliphatic heterocycles. The molecule has 176 valence electrons. The molecule has 29 heavy (non-hydrogen) atoms. The van der Waals surface area contributed by atoms with Crippen LogP contribution in [0.25, 0.3) is 0 Å². The molecule has 0 aromatic carbocycles. The van der Waals surface area contributed by atoms with Crippen LogP contribution in [0.2, 0.25) is 0 Å². The lowest BCUT2D eigenvalue weighted by atomic mass is 10.1. The van der Waals surface area contributed by atoms with Gasteiger partial charge < -0.3 is 24.0 Å². The number of unbranched alkanes of at least 4 members (excludes halogenated alkanes) is 9. The van der Waals surface area contributed by atoms with E-state index in [0.29, 0.717) is 13.2 Å². The van der Waals surface area contributed by atoms with Crippen molar-refractivity contribution in [3.63, 3.8) is 0 Å². The molecule has 0 rings (SSSR count). The van der Waals surface area contributed by atoms with Gasteiger partial charge in [-0.05, 0) is 27.2 Å². The van der Waals surface area contributed by atoms with Crippen molar-refractivity contribution in [3.05, 3.63) is 0 Å². The smallest absolute Gasteiger partial charge is 0.379 e. The summed E-state index contributed by atoms with van der Waals surface area (Å²) in [5.74, 6) is 0. The van der Waals surface area contributed by atoms with Gasteiger partial charge in [0.05, 0.1) is 38.1 Å². The van der Waals surface area contributed by atoms with Gasteiger partial charge in [-0.1, -0.05) is 64.7 Å². The zero-order valence-electron chi connectivity index (χ0n) is 19.0. The fraction of sp³-hybridized carbons (Fsp3) is 1.00. The third-order valence-electron chi connectivity index (χ3n) is 4.54. The molecule has 0 bridgehead atoms. The SMILES string of the molecule is CCCCCCCCCCCCOCC(C)OCC(C)OCC(C)OP(=O)(O)O. The van der Waals surface area contributed by atoms with Crippen LogP contribution in [0.4, 0.5) is 0 Å². The number of hydrogen-bond acceptors (Lipinski definition) is 5. The minimum absolute atomic E-state index is 0.0204. The van der Waals surface area contributed by atoms with Crippen molar-refractivity contribution in [2.75, 3.05) is 26.4 Å². The number of hydrogen-bond donors (Lipinski definition) is 2. The van der Waals surface area contributed by atoms with Gasteiger partial charge in [0.15, 0.2) is 0 Å². The Balaban J connectivity index is 3.45. The summed E-state index contributed by atoms with van der Waals surface area (Å²) in [7, 11) is -4.47. The molecule has 0 radical (unpaired) electrons. The van der Waals surface area contributed by atoms with E-state index < -0.39 is 13.9 Å². The molecule has 0 saturated carbocycles. The Labute approximate surface area is 178 Å². The van der Waals surface area contributed by atoms with Crippen molar-refractivity contribution in [2.24, 2.45) is 0 Å². The normalized spacial score (nSPS) is 15.4. The molecule has 0 aromatic heterocycles. The summed E-state index contributed by atoms with van der Waals surface area (Å²) in [6.07, 6.45) is 12.3. The van der Waals surface area contributed by atoms with Crippen molar-refractivity contribution in [1.82, 2.24) is 0 Å². The first kappa shape index (κ1) is 29.0. The lowest BCUT2D eigenvalue weighted by molar-refractivity contribution is -0.0695. The van der Waals surface area contributed by atoms with Crippen molar-refractivity contribution in [2.45, 2.75) is 110 Å². The molecule has 0 heterocycles. The van der Waals surface area contributed by atoms with Gasteiger partial charge in [-0.15, -0.1) is 0 Å². The van der Waals surface area contributed by atoms with Gasteiger partial charge in [0, 0.05) is 6.61 Å². The molecule has 0 aliphatic rings. The molecule has 3 atom stereocenters. The van der Waals surface area contributed by atoms with E-state index in [2.05, 4.69) is 11.4 Å². The number of phosphoric ester groups is 1. The van der Waals surface area contributed by atoms with E-state index >= 15 is 0 Å². The average molecular weight is 441 g/mol. The van der Waals surface area contributed by atoms with Gasteiger partial charge in [-0.3, -0.25) is 4.52 Å². The van der Waals surface area contributed by atoms with E-state index in [1.54, 1.807) is 6.92 Å². The highest BCUT2D eigenvalue weighted by atomic mass is 31.2. The minimum atomic E-state index is -4.47. The first-order valence-corrected chi connectivity index (χ1v) is 12.8. The molecule has 0 amide bonds. The number of rotatable bonds is 21. The fourth-order valence-electron chi connectivity index (χ4n) is 2.90. The maximum Gasteiger partial charge on any atom is 0.469 e. The lowest BCUT2D eigenvalue weighted by Crippen LogP contribution is -2.26. The summed E-state index contributed by atoms with van der Waals surface area (Å²) in [5, 5.41) is 0. The van der Waals surface area contributed by atoms with Crippen LogP contribution in [-0.2, 0) is 23.3 Å². The minimum Gasteiger partial charge on any atom is -0.379 e. The topological polar surface area (TPSA) is 94.5 Å². The molecule has 0 saturated heterocycles. The van der Waals surface area contributed by atoms with Crippen molar-refractivity contribution in [3.8, 4) is 0 Å². The van der Waals surface area contributed by atoms with Crippen LogP contribution >= 0.6 is 7.82 Å². The van der Waals surface area contributed by atoms with E-state index in [-0.39, 0.29) is 18.8 Å². The molecular weight excluding hydrogens is 395 g/mol. The average Bonchev–Trinajstić information content (AvgIpc) is 2.64. The summed E-state index contributed by atoms with van der Waals surface area (Å²) in [4.78, 5) is 17.5. The maximum absolute atomic E-state index is 10.7. The summed E-state index contributed by atoms with van der Waals surface area (Å²) in [6, 6.07) is 0. The molecule has 3 unspecified atom stereocenters. The van der Waals surface area contributed by atoms with Crippen LogP contribution < -0.4 is 0 Å². The van der Waals surface area contributed by atoms with Crippen LogP contribution in [0.3, 0.4) is 0 Å². The standard InChI is InChI=1S/C21H45O7P/c1-5-6-7-8-9-10-11-12-13-14-15-25-16-19(2)26-17-20(3)27-18-21(4)28-29(22,23)24/h19-21H,5-18H2,1-4H3,(H2,22,23,24). The maximum atomic E-state index is 10.7. The quantitative estimate of drug-likeness (QED) is 0.186. The molecule has 0 aliphatic carbocycles. The van der Waals surface area contributed by atoms with Crippen LogP contribution in [0.15, 0.2) is 0 Å². The molecule has 0 spiro atoms. The number of phosphoric acid groups is 1. The molecule has 7 nitrogen and oxygen atoms in total. The molecule has 8 heteroatoms. The van der Waals surface area contributed by atoms with Crippen LogP contribution in [-0.4, -0.2) is 54.5 Å². The summed E-state index contributed by atoms with van der Waals surface area (Å²) >= 11 is 0. The molecule has 2 N–H and O–H groups in total. The Kier molecular flexibility index (Phi) is 18.7. The van der Waals surface area contributed by atoms with Gasteiger partial charge in [-0.2, -0.15) is 0 Å². The third kappa shape index (κ3) is 22.5. The Morgan fingerprint density at radius 3 is 1.66 bits per heavy atom. The summed E-state index contributed by atoms with van der Waals surface area (Å²) in [5.41, 5.74) is 0. The Morgan fingerprint density at radius 2 is 1.14 bits per heavy atom. The first-order chi connectivity index (χ1) is 13.7. The van der Waals surface area contributed by atoms with E-state index in [4.69, 9.17) is 24.0 Å². The number of ether oxygens (including phenoxy) is 3. The monoisotopic (exact) mass is 440 g/mol. The van der Waals surface area contributed by atoms with E-state index in [9.17, 15) is 4.57 Å². The molecule has 0 aromatic rings. The van der Waals surface area contributed by atoms with Gasteiger partial charge in [-0.25, -0.2) is 4.57 Å². The van der Waals surface area contributed by atoms with Crippen LogP contribution in [0.1, 0.15) is 91.9 Å². The predicted octanol–water partition coefficient (Wildman–Crippen LogP) is 5.23. The zero-order chi connectivity index (χ0) is 22.0. The Bertz CT molecular complexity index is 402. The molecule has 0 fully saturated rings. The van der Waals surface area contributed by atoms with E-state index in [0.717, 1.165) is 13.0 Å². The van der Waals surface area contributed by atoms with Crippen LogP contribution in [0, 0.1) is 0 Å². The third-order valence-corrected chi connectivity index (χ3v) is 5.18. The fourth-order valence-corrected chi connectivity index (χ4v) is 3.43. The highest BCUT2D eigenvalue weighted by Crippen LogP contribution is 2.37. The zero-order valence-corrected chi connectivity index (χ0v) is 19.9. The second kappa shape index (κ2) is 18.7. The Morgan fingerprint density at radius 1 is 0.690 bits per heavy atom. The molecular formula is C21H45O7P. The highest BCUT2D eigenvalue weighted by molar-refractivity contribution is 7.46. The highest BCUT2D eigenvalue weighted by Gasteiger charge is 2.19. The largest absolute Gasteiger partial charge is 0.469 e. The summed E-state index contributed by atoms with van der Waals surface area (Å²) < 4.78 is 32.1. The van der Waals surface area contributed by atoms with Crippen molar-refractivity contribution < 1.29 is 33.1 Å². The van der Waals surface area contributed by atoms with Gasteiger partial charge in [0.25, 0.3) is 0 Å². The summed E-state index contributed by atoms with van der Waals surface area (Å²) in [6.45, 7) is 9.44. The Hall–Kier alpha value is -0.0100.